The second-order valence-electron chi connectivity index (χ2n) is 5.73. The van der Waals surface area contributed by atoms with E-state index in [1.165, 1.54) is 0 Å². The molecular weight excluding hydrogens is 373 g/mol. The number of rotatable bonds is 5. The number of halogens is 1. The van der Waals surface area contributed by atoms with Crippen molar-refractivity contribution in [1.82, 2.24) is 4.40 Å². The van der Waals surface area contributed by atoms with Gasteiger partial charge >= 0.3 is 134 Å². The van der Waals surface area contributed by atoms with Gasteiger partial charge in [0.2, 0.25) is 0 Å². The van der Waals surface area contributed by atoms with E-state index >= 15 is 0 Å². The number of hydrogen-bond donors (Lipinski definition) is 0. The second kappa shape index (κ2) is 7.08. The summed E-state index contributed by atoms with van der Waals surface area (Å²) in [5, 5.41) is 9.56. The number of hydrogen-bond acceptors (Lipinski definition) is 2. The van der Waals surface area contributed by atoms with Gasteiger partial charge in [0, 0.05) is 0 Å². The maximum atomic E-state index is 9.56. The van der Waals surface area contributed by atoms with Gasteiger partial charge in [0.25, 0.3) is 0 Å². The van der Waals surface area contributed by atoms with Crippen molar-refractivity contribution < 1.29 is 0 Å². The first kappa shape index (κ1) is 16.0. The fourth-order valence-corrected chi connectivity index (χ4v) is 4.50. The quantitative estimate of drug-likeness (QED) is 0.406. The van der Waals surface area contributed by atoms with Crippen LogP contribution in [-0.4, -0.2) is 20.5 Å². The van der Waals surface area contributed by atoms with Crippen LogP contribution in [0.5, 0.6) is 0 Å². The predicted molar refractivity (Wildman–Crippen MR) is 99.3 cm³/mol. The van der Waals surface area contributed by atoms with Crippen LogP contribution in [0.15, 0.2) is 29.4 Å². The Morgan fingerprint density at radius 3 is 2.76 bits per heavy atom. The maximum absolute atomic E-state index is 9.56. The first-order valence-electron chi connectivity index (χ1n) is 7.05. The number of pyridine rings is 1. The molecule has 0 saturated heterocycles. The third-order valence-corrected chi connectivity index (χ3v) is 5.51. The third-order valence-electron chi connectivity index (χ3n) is 3.22. The van der Waals surface area contributed by atoms with Crippen molar-refractivity contribution in [3.63, 3.8) is 0 Å². The molecule has 0 aromatic carbocycles. The Labute approximate surface area is 134 Å². The van der Waals surface area contributed by atoms with Gasteiger partial charge in [-0.2, -0.15) is 0 Å². The van der Waals surface area contributed by atoms with Crippen LogP contribution in [0.4, 0.5) is 5.82 Å². The molecule has 0 radical (unpaired) electrons. The van der Waals surface area contributed by atoms with E-state index in [-0.39, 0.29) is 0 Å². The minimum absolute atomic E-state index is 0.597. The summed E-state index contributed by atoms with van der Waals surface area (Å²) in [5.41, 5.74) is 2.92. The molecule has 4 heteroatoms. The number of aromatic nitrogens is 1. The van der Waals surface area contributed by atoms with E-state index in [1.807, 2.05) is 30.6 Å². The van der Waals surface area contributed by atoms with Gasteiger partial charge in [0.05, 0.1) is 0 Å². The van der Waals surface area contributed by atoms with Crippen molar-refractivity contribution in [2.45, 2.75) is 24.7 Å². The predicted octanol–water partition coefficient (Wildman–Crippen LogP) is 4.83. The average Bonchev–Trinajstić information content (AvgIpc) is 2.71. The van der Waals surface area contributed by atoms with Gasteiger partial charge in [-0.15, -0.1) is 0 Å². The van der Waals surface area contributed by atoms with E-state index in [1.54, 1.807) is 0 Å². The zero-order valence-electron chi connectivity index (χ0n) is 13.1. The molecule has 0 aliphatic heterocycles. The number of nitrogens with zero attached hydrogens (tertiary/aromatic N) is 3. The van der Waals surface area contributed by atoms with E-state index in [0.29, 0.717) is 5.92 Å². The van der Waals surface area contributed by atoms with E-state index in [2.05, 4.69) is 34.2 Å². The molecule has 3 nitrogen and oxygen atoms in total. The van der Waals surface area contributed by atoms with Gasteiger partial charge in [-0.25, -0.2) is 0 Å². The molecule has 2 heterocycles. The van der Waals surface area contributed by atoms with E-state index in [4.69, 9.17) is 4.99 Å². The van der Waals surface area contributed by atoms with Crippen LogP contribution in [0.1, 0.15) is 31.4 Å². The zero-order chi connectivity index (χ0) is 15.4. The first-order chi connectivity index (χ1) is 10.0. The molecule has 0 atom stereocenters. The molecule has 2 aromatic rings. The number of alkyl halides is 3. The monoisotopic (exact) mass is 395 g/mol. The molecular formula is C17H22IN3. The van der Waals surface area contributed by atoms with Crippen LogP contribution in [-0.2, 0) is 4.43 Å². The number of nitriles is 1. The van der Waals surface area contributed by atoms with Gasteiger partial charge < -0.3 is 0 Å². The Morgan fingerprint density at radius 1 is 1.38 bits per heavy atom. The number of fused-ring (bicyclic) bond motifs is 1. The second-order valence-corrected chi connectivity index (χ2v) is 11.7. The minimum atomic E-state index is -0.984. The Hall–Kier alpha value is -1.35. The number of aliphatic imine (C=N–C) groups is 1. The SMILES string of the molecule is CC(C)C/C=N/c1c(CI(C)C)c(C#N)c2ccccn12. The van der Waals surface area contributed by atoms with E-state index < -0.39 is 19.8 Å². The van der Waals surface area contributed by atoms with Gasteiger partial charge in [0.1, 0.15) is 0 Å². The molecule has 2 aromatic heterocycles. The molecule has 0 amide bonds. The Morgan fingerprint density at radius 2 is 2.14 bits per heavy atom. The summed E-state index contributed by atoms with van der Waals surface area (Å²) in [7, 11) is 0. The summed E-state index contributed by atoms with van der Waals surface area (Å²) >= 11 is -0.984. The van der Waals surface area contributed by atoms with Crippen LogP contribution in [0, 0.1) is 17.2 Å². The summed E-state index contributed by atoms with van der Waals surface area (Å²) in [4.78, 5) is 9.36. The van der Waals surface area contributed by atoms with Gasteiger partial charge in [-0.1, -0.05) is 0 Å². The Kier molecular flexibility index (Phi) is 5.40. The molecule has 0 fully saturated rings. The molecule has 112 valence electrons. The molecule has 0 saturated carbocycles. The summed E-state index contributed by atoms with van der Waals surface area (Å²) in [6.45, 7) is 4.37. The van der Waals surface area contributed by atoms with Crippen molar-refractivity contribution in [2.75, 3.05) is 9.86 Å². The molecule has 2 rings (SSSR count). The van der Waals surface area contributed by atoms with Gasteiger partial charge in [-0.05, 0) is 0 Å². The fourth-order valence-electron chi connectivity index (χ4n) is 2.25. The molecule has 0 aliphatic carbocycles. The van der Waals surface area contributed by atoms with Crippen molar-refractivity contribution in [2.24, 2.45) is 10.9 Å². The summed E-state index contributed by atoms with van der Waals surface area (Å²) in [6.07, 6.45) is 4.96. The van der Waals surface area contributed by atoms with Crippen molar-refractivity contribution in [3.8, 4) is 6.07 Å². The molecule has 0 spiro atoms. The summed E-state index contributed by atoms with van der Waals surface area (Å²) in [6, 6.07) is 8.38. The van der Waals surface area contributed by atoms with Crippen molar-refractivity contribution in [1.29, 1.82) is 5.26 Å². The van der Waals surface area contributed by atoms with Crippen molar-refractivity contribution >= 4 is 37.4 Å². The molecule has 0 unspecified atom stereocenters. The fraction of sp³-hybridized carbons (Fsp3) is 0.412. The standard InChI is InChI=1S/C17H22IN3/c1-13(2)8-9-20-17-14(11-18(3)4)15(12-19)16-7-5-6-10-21(16)17/h5-7,9-10,13H,8,11H2,1-4H3/b20-9+. The Bertz CT molecular complexity index is 690. The van der Waals surface area contributed by atoms with Crippen LogP contribution in [0.3, 0.4) is 0 Å². The molecule has 21 heavy (non-hydrogen) atoms. The molecule has 0 N–H and O–H groups in total. The van der Waals surface area contributed by atoms with E-state index in [0.717, 1.165) is 33.3 Å². The molecule has 0 aliphatic rings. The summed E-state index contributed by atoms with van der Waals surface area (Å²) in [5.74, 6) is 1.55. The first-order valence-corrected chi connectivity index (χ1v) is 12.9. The topological polar surface area (TPSA) is 40.6 Å². The average molecular weight is 395 g/mol. The normalized spacial score (nSPS) is 12.3. The van der Waals surface area contributed by atoms with Crippen LogP contribution in [0.25, 0.3) is 5.52 Å². The summed E-state index contributed by atoms with van der Waals surface area (Å²) < 4.78 is 3.09. The Balaban J connectivity index is 2.59. The zero-order valence-corrected chi connectivity index (χ0v) is 15.3. The van der Waals surface area contributed by atoms with Crippen molar-refractivity contribution in [3.05, 3.63) is 35.5 Å². The third kappa shape index (κ3) is 3.65. The van der Waals surface area contributed by atoms with Crippen LogP contribution in [0.2, 0.25) is 0 Å². The van der Waals surface area contributed by atoms with Gasteiger partial charge in [0.15, 0.2) is 0 Å². The van der Waals surface area contributed by atoms with Gasteiger partial charge in [-0.3, -0.25) is 0 Å². The van der Waals surface area contributed by atoms with Crippen LogP contribution >= 0.6 is 19.8 Å². The van der Waals surface area contributed by atoms with E-state index in [9.17, 15) is 5.26 Å². The molecule has 0 bridgehead atoms. The van der Waals surface area contributed by atoms with Crippen LogP contribution < -0.4 is 0 Å².